The number of anilines is 1. The van der Waals surface area contributed by atoms with Crippen molar-refractivity contribution in [3.05, 3.63) is 28.3 Å². The summed E-state index contributed by atoms with van der Waals surface area (Å²) in [6.07, 6.45) is 3.53. The third kappa shape index (κ3) is 3.57. The number of hydrogen-bond donors (Lipinski definition) is 2. The first-order valence-corrected chi connectivity index (χ1v) is 6.50. The molecule has 1 aliphatic heterocycles. The van der Waals surface area contributed by atoms with E-state index < -0.39 is 4.92 Å². The largest absolute Gasteiger partial charge is 0.490 e. The molecule has 0 aromatic heterocycles. The van der Waals surface area contributed by atoms with Crippen LogP contribution in [0.2, 0.25) is 0 Å². The molecule has 1 fully saturated rings. The molecule has 104 valence electrons. The lowest BCUT2D eigenvalue weighted by Gasteiger charge is -2.12. The summed E-state index contributed by atoms with van der Waals surface area (Å²) in [5.41, 5.74) is 0.839. The van der Waals surface area contributed by atoms with Crippen molar-refractivity contribution in [1.29, 1.82) is 0 Å². The zero-order chi connectivity index (χ0) is 13.7. The van der Waals surface area contributed by atoms with E-state index in [-0.39, 0.29) is 11.4 Å². The molecular formula is C13H19N3O3. The fourth-order valence-corrected chi connectivity index (χ4v) is 2.33. The molecular weight excluding hydrogens is 246 g/mol. The van der Waals surface area contributed by atoms with E-state index in [2.05, 4.69) is 10.6 Å². The van der Waals surface area contributed by atoms with Crippen molar-refractivity contribution in [2.75, 3.05) is 25.5 Å². The molecule has 2 rings (SSSR count). The van der Waals surface area contributed by atoms with Crippen LogP contribution in [0, 0.1) is 10.1 Å². The van der Waals surface area contributed by atoms with Crippen molar-refractivity contribution < 1.29 is 9.66 Å². The van der Waals surface area contributed by atoms with Crippen molar-refractivity contribution in [2.45, 2.75) is 25.3 Å². The number of rotatable bonds is 6. The van der Waals surface area contributed by atoms with Gasteiger partial charge in [-0.25, -0.2) is 0 Å². The second-order valence-electron chi connectivity index (χ2n) is 4.65. The number of hydrogen-bond acceptors (Lipinski definition) is 5. The number of benzene rings is 1. The number of nitrogens with one attached hydrogen (secondary N) is 2. The van der Waals surface area contributed by atoms with Gasteiger partial charge < -0.3 is 15.4 Å². The lowest BCUT2D eigenvalue weighted by molar-refractivity contribution is -0.385. The molecule has 0 aliphatic carbocycles. The van der Waals surface area contributed by atoms with Gasteiger partial charge in [0.2, 0.25) is 0 Å². The van der Waals surface area contributed by atoms with E-state index in [0.29, 0.717) is 6.04 Å². The minimum atomic E-state index is -0.439. The van der Waals surface area contributed by atoms with Crippen molar-refractivity contribution in [3.8, 4) is 5.75 Å². The number of nitrogens with zero attached hydrogens (tertiary/aromatic N) is 1. The maximum Gasteiger partial charge on any atom is 0.311 e. The van der Waals surface area contributed by atoms with E-state index in [9.17, 15) is 10.1 Å². The highest BCUT2D eigenvalue weighted by Gasteiger charge is 2.15. The van der Waals surface area contributed by atoms with Crippen LogP contribution >= 0.6 is 0 Å². The third-order valence-electron chi connectivity index (χ3n) is 3.36. The second kappa shape index (κ2) is 6.38. The molecule has 0 saturated carbocycles. The summed E-state index contributed by atoms with van der Waals surface area (Å²) < 4.78 is 5.03. The lowest BCUT2D eigenvalue weighted by atomic mass is 10.1. The third-order valence-corrected chi connectivity index (χ3v) is 3.36. The van der Waals surface area contributed by atoms with Crippen LogP contribution in [0.25, 0.3) is 0 Å². The van der Waals surface area contributed by atoms with Gasteiger partial charge in [0.15, 0.2) is 5.75 Å². The quantitative estimate of drug-likeness (QED) is 0.609. The Kier molecular flexibility index (Phi) is 4.57. The minimum absolute atomic E-state index is 0.00879. The molecule has 0 radical (unpaired) electrons. The van der Waals surface area contributed by atoms with Gasteiger partial charge in [-0.3, -0.25) is 10.1 Å². The maximum absolute atomic E-state index is 10.8. The Balaban J connectivity index is 1.91. The van der Waals surface area contributed by atoms with Crippen LogP contribution in [-0.4, -0.2) is 31.2 Å². The number of ether oxygens (including phenoxy) is 1. The van der Waals surface area contributed by atoms with Crippen molar-refractivity contribution in [2.24, 2.45) is 0 Å². The lowest BCUT2D eigenvalue weighted by Crippen LogP contribution is -2.24. The van der Waals surface area contributed by atoms with Crippen LogP contribution in [0.15, 0.2) is 18.2 Å². The Labute approximate surface area is 112 Å². The molecule has 1 saturated heterocycles. The Morgan fingerprint density at radius 1 is 1.58 bits per heavy atom. The number of methoxy groups -OCH3 is 1. The zero-order valence-electron chi connectivity index (χ0n) is 11.0. The SMILES string of the molecule is COc1cc(NCC[C@@H]2CCCN2)ccc1[N+](=O)[O-]. The normalized spacial score (nSPS) is 18.3. The fraction of sp³-hybridized carbons (Fsp3) is 0.538. The van der Waals surface area contributed by atoms with Gasteiger partial charge >= 0.3 is 5.69 Å². The average Bonchev–Trinajstić information content (AvgIpc) is 2.91. The molecule has 0 bridgehead atoms. The van der Waals surface area contributed by atoms with Gasteiger partial charge in [-0.2, -0.15) is 0 Å². The molecule has 1 atom stereocenters. The maximum atomic E-state index is 10.8. The Bertz CT molecular complexity index is 445. The van der Waals surface area contributed by atoms with Crippen LogP contribution in [0.5, 0.6) is 5.75 Å². The zero-order valence-corrected chi connectivity index (χ0v) is 11.0. The average molecular weight is 265 g/mol. The van der Waals surface area contributed by atoms with Gasteiger partial charge in [-0.15, -0.1) is 0 Å². The first kappa shape index (κ1) is 13.6. The molecule has 1 heterocycles. The van der Waals surface area contributed by atoms with Gasteiger partial charge in [0.1, 0.15) is 0 Å². The molecule has 0 unspecified atom stereocenters. The van der Waals surface area contributed by atoms with Crippen LogP contribution in [0.1, 0.15) is 19.3 Å². The van der Waals surface area contributed by atoms with E-state index in [1.807, 2.05) is 0 Å². The molecule has 0 spiro atoms. The van der Waals surface area contributed by atoms with Crippen LogP contribution in [-0.2, 0) is 0 Å². The minimum Gasteiger partial charge on any atom is -0.490 e. The van der Waals surface area contributed by atoms with E-state index in [1.165, 1.54) is 26.0 Å². The van der Waals surface area contributed by atoms with Crippen LogP contribution in [0.3, 0.4) is 0 Å². The van der Waals surface area contributed by atoms with Gasteiger partial charge in [0.05, 0.1) is 12.0 Å². The number of nitro benzene ring substituents is 1. The Morgan fingerprint density at radius 2 is 2.42 bits per heavy atom. The summed E-state index contributed by atoms with van der Waals surface area (Å²) in [5.74, 6) is 0.286. The monoisotopic (exact) mass is 265 g/mol. The van der Waals surface area contributed by atoms with Crippen LogP contribution in [0.4, 0.5) is 11.4 Å². The molecule has 1 aromatic rings. The fourth-order valence-electron chi connectivity index (χ4n) is 2.33. The highest BCUT2D eigenvalue weighted by atomic mass is 16.6. The first-order chi connectivity index (χ1) is 9.20. The van der Waals surface area contributed by atoms with Gasteiger partial charge in [0.25, 0.3) is 0 Å². The molecule has 1 aliphatic rings. The molecule has 6 nitrogen and oxygen atoms in total. The molecule has 0 amide bonds. The highest BCUT2D eigenvalue weighted by molar-refractivity contribution is 5.57. The van der Waals surface area contributed by atoms with Crippen molar-refractivity contribution in [3.63, 3.8) is 0 Å². The summed E-state index contributed by atoms with van der Waals surface area (Å²) >= 11 is 0. The highest BCUT2D eigenvalue weighted by Crippen LogP contribution is 2.29. The predicted molar refractivity (Wildman–Crippen MR) is 73.8 cm³/mol. The standard InChI is InChI=1S/C13H19N3O3/c1-19-13-9-11(4-5-12(13)16(17)18)15-8-6-10-3-2-7-14-10/h4-5,9-10,14-15H,2-3,6-8H2,1H3/t10-/m0/s1. The van der Waals surface area contributed by atoms with E-state index in [4.69, 9.17) is 4.74 Å². The summed E-state index contributed by atoms with van der Waals surface area (Å²) in [5, 5.41) is 17.5. The van der Waals surface area contributed by atoms with Gasteiger partial charge in [-0.1, -0.05) is 0 Å². The van der Waals surface area contributed by atoms with Crippen molar-refractivity contribution >= 4 is 11.4 Å². The second-order valence-corrected chi connectivity index (χ2v) is 4.65. The first-order valence-electron chi connectivity index (χ1n) is 6.50. The number of nitro groups is 1. The Hall–Kier alpha value is -1.82. The molecule has 2 N–H and O–H groups in total. The smallest absolute Gasteiger partial charge is 0.311 e. The van der Waals surface area contributed by atoms with Gasteiger partial charge in [0, 0.05) is 30.4 Å². The molecule has 1 aromatic carbocycles. The summed E-state index contributed by atoms with van der Waals surface area (Å²) in [6, 6.07) is 5.44. The molecule has 19 heavy (non-hydrogen) atoms. The Morgan fingerprint density at radius 3 is 3.05 bits per heavy atom. The predicted octanol–water partition coefficient (Wildman–Crippen LogP) is 2.16. The summed E-state index contributed by atoms with van der Waals surface area (Å²) in [7, 11) is 1.44. The topological polar surface area (TPSA) is 76.4 Å². The molecule has 6 heteroatoms. The van der Waals surface area contributed by atoms with E-state index in [1.54, 1.807) is 12.1 Å². The van der Waals surface area contributed by atoms with E-state index in [0.717, 1.165) is 25.2 Å². The van der Waals surface area contributed by atoms with E-state index >= 15 is 0 Å². The van der Waals surface area contributed by atoms with Crippen LogP contribution < -0.4 is 15.4 Å². The summed E-state index contributed by atoms with van der Waals surface area (Å²) in [4.78, 5) is 10.3. The van der Waals surface area contributed by atoms with Crippen molar-refractivity contribution in [1.82, 2.24) is 5.32 Å². The summed E-state index contributed by atoms with van der Waals surface area (Å²) in [6.45, 7) is 1.95. The van der Waals surface area contributed by atoms with Gasteiger partial charge in [-0.05, 0) is 31.9 Å².